The fourth-order valence-corrected chi connectivity index (χ4v) is 2.84. The third kappa shape index (κ3) is 2.02. The molecule has 5 heteroatoms. The van der Waals surface area contributed by atoms with E-state index in [1.807, 2.05) is 6.07 Å². The molecule has 1 aliphatic heterocycles. The van der Waals surface area contributed by atoms with Crippen LogP contribution in [0.1, 0.15) is 30.7 Å². The van der Waals surface area contributed by atoms with Crippen molar-refractivity contribution in [1.82, 2.24) is 0 Å². The molecule has 2 aliphatic rings. The van der Waals surface area contributed by atoms with Gasteiger partial charge in [0.2, 0.25) is 0 Å². The number of alkyl halides is 3. The van der Waals surface area contributed by atoms with Crippen molar-refractivity contribution in [2.24, 2.45) is 5.92 Å². The normalized spacial score (nSPS) is 23.2. The van der Waals surface area contributed by atoms with Gasteiger partial charge in [-0.3, -0.25) is 0 Å². The largest absolute Gasteiger partial charge is 0.573 e. The van der Waals surface area contributed by atoms with Crippen LogP contribution in [0.2, 0.25) is 0 Å². The van der Waals surface area contributed by atoms with E-state index in [4.69, 9.17) is 0 Å². The average Bonchev–Trinajstić information content (AvgIpc) is 2.58. The van der Waals surface area contributed by atoms with Gasteiger partial charge in [0.1, 0.15) is 0 Å². The maximum atomic E-state index is 12.3. The minimum absolute atomic E-state index is 0.109. The van der Waals surface area contributed by atoms with Crippen molar-refractivity contribution in [3.63, 3.8) is 0 Å². The summed E-state index contributed by atoms with van der Waals surface area (Å²) in [5.74, 6) is 0.840. The minimum Gasteiger partial charge on any atom is -0.404 e. The van der Waals surface area contributed by atoms with Gasteiger partial charge in [-0.25, -0.2) is 0 Å². The van der Waals surface area contributed by atoms with E-state index in [0.717, 1.165) is 12.1 Å². The first-order valence-corrected chi connectivity index (χ1v) is 6.17. The molecule has 0 radical (unpaired) electrons. The van der Waals surface area contributed by atoms with Crippen LogP contribution in [0.3, 0.4) is 0 Å². The zero-order valence-electron chi connectivity index (χ0n) is 9.76. The summed E-state index contributed by atoms with van der Waals surface area (Å²) >= 11 is 0. The summed E-state index contributed by atoms with van der Waals surface area (Å²) in [7, 11) is 0. The number of nitrogens with one attached hydrogen (secondary N) is 1. The van der Waals surface area contributed by atoms with Gasteiger partial charge in [-0.1, -0.05) is 18.6 Å². The highest BCUT2D eigenvalue weighted by Crippen LogP contribution is 2.48. The fourth-order valence-electron chi connectivity index (χ4n) is 2.84. The number of para-hydroxylation sites is 1. The van der Waals surface area contributed by atoms with Gasteiger partial charge in [-0.05, 0) is 30.4 Å². The Morgan fingerprint density at radius 3 is 2.61 bits per heavy atom. The van der Waals surface area contributed by atoms with Crippen molar-refractivity contribution in [2.45, 2.75) is 31.5 Å². The quantitative estimate of drug-likeness (QED) is 0.867. The number of rotatable bonds is 2. The van der Waals surface area contributed by atoms with Crippen LogP contribution in [0, 0.1) is 5.92 Å². The predicted octanol–water partition coefficient (Wildman–Crippen LogP) is 3.89. The molecule has 1 saturated carbocycles. The lowest BCUT2D eigenvalue weighted by Crippen LogP contribution is -2.21. The molecule has 1 atom stereocenters. The molecule has 1 N–H and O–H groups in total. The average molecular weight is 257 g/mol. The Labute approximate surface area is 103 Å². The molecule has 1 heterocycles. The summed E-state index contributed by atoms with van der Waals surface area (Å²) in [4.78, 5) is 0. The van der Waals surface area contributed by atoms with Gasteiger partial charge in [0.15, 0.2) is 5.75 Å². The molecular formula is C13H14F3NO. The third-order valence-corrected chi connectivity index (χ3v) is 3.90. The second kappa shape index (κ2) is 4.07. The highest BCUT2D eigenvalue weighted by molar-refractivity contribution is 5.67. The van der Waals surface area contributed by atoms with Gasteiger partial charge in [-0.15, -0.1) is 13.2 Å². The Morgan fingerprint density at radius 1 is 1.22 bits per heavy atom. The smallest absolute Gasteiger partial charge is 0.404 e. The first kappa shape index (κ1) is 11.7. The summed E-state index contributed by atoms with van der Waals surface area (Å²) in [5, 5.41) is 3.07. The monoisotopic (exact) mass is 257 g/mol. The van der Waals surface area contributed by atoms with E-state index in [2.05, 4.69) is 10.1 Å². The van der Waals surface area contributed by atoms with E-state index in [1.165, 1.54) is 25.3 Å². The number of hydrogen-bond acceptors (Lipinski definition) is 2. The molecule has 2 nitrogen and oxygen atoms in total. The molecular weight excluding hydrogens is 243 g/mol. The SMILES string of the molecule is FC(F)(F)Oc1cccc2c1NCC2C1CCC1. The highest BCUT2D eigenvalue weighted by Gasteiger charge is 2.37. The summed E-state index contributed by atoms with van der Waals surface area (Å²) in [6.45, 7) is 0.720. The van der Waals surface area contributed by atoms with E-state index in [1.54, 1.807) is 6.07 Å². The molecule has 18 heavy (non-hydrogen) atoms. The molecule has 0 spiro atoms. The van der Waals surface area contributed by atoms with Gasteiger partial charge in [0.05, 0.1) is 5.69 Å². The molecule has 1 aliphatic carbocycles. The van der Waals surface area contributed by atoms with Gasteiger partial charge in [0.25, 0.3) is 0 Å². The van der Waals surface area contributed by atoms with Gasteiger partial charge < -0.3 is 10.1 Å². The van der Waals surface area contributed by atoms with Gasteiger partial charge >= 0.3 is 6.36 Å². The number of ether oxygens (including phenoxy) is 1. The molecule has 1 unspecified atom stereocenters. The molecule has 98 valence electrons. The second-order valence-electron chi connectivity index (χ2n) is 4.95. The molecule has 0 saturated heterocycles. The molecule has 0 aromatic heterocycles. The number of halogens is 3. The van der Waals surface area contributed by atoms with Crippen molar-refractivity contribution < 1.29 is 17.9 Å². The topological polar surface area (TPSA) is 21.3 Å². The molecule has 3 rings (SSSR count). The lowest BCUT2D eigenvalue weighted by Gasteiger charge is -2.31. The Morgan fingerprint density at radius 2 is 2.00 bits per heavy atom. The first-order valence-electron chi connectivity index (χ1n) is 6.17. The molecule has 1 aromatic carbocycles. The van der Waals surface area contributed by atoms with E-state index >= 15 is 0 Å². The number of fused-ring (bicyclic) bond motifs is 1. The zero-order chi connectivity index (χ0) is 12.8. The van der Waals surface area contributed by atoms with Crippen LogP contribution in [0.15, 0.2) is 18.2 Å². The third-order valence-electron chi connectivity index (χ3n) is 3.90. The summed E-state index contributed by atoms with van der Waals surface area (Å²) < 4.78 is 40.9. The molecule has 1 aromatic rings. The molecule has 1 fully saturated rings. The van der Waals surface area contributed by atoms with Crippen LogP contribution >= 0.6 is 0 Å². The van der Waals surface area contributed by atoms with Crippen molar-refractivity contribution >= 4 is 5.69 Å². The standard InChI is InChI=1S/C13H14F3NO/c14-13(15,16)18-11-6-2-5-9-10(7-17-12(9)11)8-3-1-4-8/h2,5-6,8,10,17H,1,3-4,7H2. The Balaban J connectivity index is 1.88. The summed E-state index contributed by atoms with van der Waals surface area (Å²) in [6.07, 6.45) is -1.05. The predicted molar refractivity (Wildman–Crippen MR) is 61.7 cm³/mol. The Kier molecular flexibility index (Phi) is 2.64. The number of benzene rings is 1. The van der Waals surface area contributed by atoms with Crippen molar-refractivity contribution in [2.75, 3.05) is 11.9 Å². The van der Waals surface area contributed by atoms with E-state index < -0.39 is 6.36 Å². The first-order chi connectivity index (χ1) is 8.54. The lowest BCUT2D eigenvalue weighted by molar-refractivity contribution is -0.274. The van der Waals surface area contributed by atoms with Crippen LogP contribution in [0.5, 0.6) is 5.75 Å². The van der Waals surface area contributed by atoms with Gasteiger partial charge in [0, 0.05) is 12.5 Å². The van der Waals surface area contributed by atoms with Crippen molar-refractivity contribution in [3.05, 3.63) is 23.8 Å². The van der Waals surface area contributed by atoms with Crippen molar-refractivity contribution in [1.29, 1.82) is 0 Å². The zero-order valence-corrected chi connectivity index (χ0v) is 9.76. The molecule has 0 amide bonds. The van der Waals surface area contributed by atoms with Gasteiger partial charge in [-0.2, -0.15) is 0 Å². The van der Waals surface area contributed by atoms with Crippen molar-refractivity contribution in [3.8, 4) is 5.75 Å². The summed E-state index contributed by atoms with van der Waals surface area (Å²) in [6, 6.07) is 4.91. The second-order valence-corrected chi connectivity index (χ2v) is 4.95. The van der Waals surface area contributed by atoms with Crippen LogP contribution in [0.25, 0.3) is 0 Å². The Hall–Kier alpha value is -1.39. The van der Waals surface area contributed by atoms with Crippen LogP contribution < -0.4 is 10.1 Å². The maximum absolute atomic E-state index is 12.3. The van der Waals surface area contributed by atoms with Crippen LogP contribution in [0.4, 0.5) is 18.9 Å². The van der Waals surface area contributed by atoms with E-state index in [9.17, 15) is 13.2 Å². The number of hydrogen-bond donors (Lipinski definition) is 1. The Bertz CT molecular complexity index is 454. The van der Waals surface area contributed by atoms with E-state index in [0.29, 0.717) is 17.5 Å². The van der Waals surface area contributed by atoms with Crippen LogP contribution in [-0.4, -0.2) is 12.9 Å². The highest BCUT2D eigenvalue weighted by atomic mass is 19.4. The summed E-state index contributed by atoms with van der Waals surface area (Å²) in [5.41, 5.74) is 1.49. The molecule has 0 bridgehead atoms. The van der Waals surface area contributed by atoms with Crippen LogP contribution in [-0.2, 0) is 0 Å². The lowest BCUT2D eigenvalue weighted by atomic mass is 9.74. The maximum Gasteiger partial charge on any atom is 0.573 e. The van der Waals surface area contributed by atoms with E-state index in [-0.39, 0.29) is 5.75 Å². The minimum atomic E-state index is -4.63. The number of anilines is 1. The fraction of sp³-hybridized carbons (Fsp3) is 0.538.